The van der Waals surface area contributed by atoms with Crippen molar-refractivity contribution in [2.45, 2.75) is 32.7 Å². The lowest BCUT2D eigenvalue weighted by Gasteiger charge is -2.21. The van der Waals surface area contributed by atoms with Crippen molar-refractivity contribution in [2.24, 2.45) is 11.8 Å². The van der Waals surface area contributed by atoms with Crippen LogP contribution in [0.4, 0.5) is 0 Å². The average Bonchev–Trinajstić information content (AvgIpc) is 3.55. The monoisotopic (exact) mass is 426 g/mol. The van der Waals surface area contributed by atoms with Gasteiger partial charge in [-0.1, -0.05) is 48.0 Å². The zero-order valence-electron chi connectivity index (χ0n) is 18.7. The number of carbonyl (C=O) groups is 1. The van der Waals surface area contributed by atoms with E-state index in [4.69, 9.17) is 5.10 Å². The Morgan fingerprint density at radius 1 is 0.938 bits per heavy atom. The number of hydrogen-bond donors (Lipinski definition) is 0. The first-order valence-electron chi connectivity index (χ1n) is 11.9. The molecule has 0 saturated carbocycles. The molecule has 3 aromatic rings. The largest absolute Gasteiger partial charge is 0.337 e. The van der Waals surface area contributed by atoms with Crippen LogP contribution in [0, 0.1) is 18.8 Å². The molecule has 2 fully saturated rings. The van der Waals surface area contributed by atoms with Crippen molar-refractivity contribution >= 4 is 5.91 Å². The molecule has 5 heteroatoms. The van der Waals surface area contributed by atoms with Crippen LogP contribution in [0.1, 0.15) is 39.3 Å². The second-order valence-corrected chi connectivity index (χ2v) is 9.78. The van der Waals surface area contributed by atoms with Gasteiger partial charge in [0.25, 0.3) is 5.91 Å². The lowest BCUT2D eigenvalue weighted by Crippen LogP contribution is -2.33. The van der Waals surface area contributed by atoms with Crippen LogP contribution in [0.2, 0.25) is 0 Å². The van der Waals surface area contributed by atoms with Gasteiger partial charge in [0, 0.05) is 44.0 Å². The highest BCUT2D eigenvalue weighted by Gasteiger charge is 2.42. The average molecular weight is 427 g/mol. The number of fused-ring (bicyclic) bond motifs is 2. The molecule has 0 spiro atoms. The molecule has 3 heterocycles. The summed E-state index contributed by atoms with van der Waals surface area (Å²) in [5.74, 6) is 1.29. The molecule has 164 valence electrons. The summed E-state index contributed by atoms with van der Waals surface area (Å²) < 4.78 is 2.02. The van der Waals surface area contributed by atoms with Crippen LogP contribution in [0.5, 0.6) is 0 Å². The molecule has 0 radical (unpaired) electrons. The van der Waals surface area contributed by atoms with Gasteiger partial charge in [0.1, 0.15) is 0 Å². The minimum atomic E-state index is 0.137. The van der Waals surface area contributed by atoms with E-state index in [0.29, 0.717) is 17.5 Å². The normalized spacial score (nSPS) is 22.3. The number of nitrogens with zero attached hydrogens (tertiary/aromatic N) is 4. The number of rotatable bonds is 4. The van der Waals surface area contributed by atoms with Gasteiger partial charge in [0.15, 0.2) is 5.69 Å². The summed E-state index contributed by atoms with van der Waals surface area (Å²) in [4.78, 5) is 18.2. The Labute approximate surface area is 189 Å². The van der Waals surface area contributed by atoms with E-state index < -0.39 is 0 Å². The number of amides is 1. The van der Waals surface area contributed by atoms with Crippen LogP contribution in [0.3, 0.4) is 0 Å². The van der Waals surface area contributed by atoms with Gasteiger partial charge in [0.05, 0.1) is 5.69 Å². The molecule has 0 bridgehead atoms. The van der Waals surface area contributed by atoms with Crippen molar-refractivity contribution in [1.29, 1.82) is 0 Å². The highest BCUT2D eigenvalue weighted by atomic mass is 16.2. The van der Waals surface area contributed by atoms with Gasteiger partial charge in [-0.2, -0.15) is 5.10 Å². The molecule has 2 atom stereocenters. The molecule has 0 N–H and O–H groups in total. The maximum atomic E-state index is 13.5. The number of aromatic nitrogens is 2. The smallest absolute Gasteiger partial charge is 0.274 e. The molecule has 5 nitrogen and oxygen atoms in total. The van der Waals surface area contributed by atoms with Crippen molar-refractivity contribution < 1.29 is 4.79 Å². The highest BCUT2D eigenvalue weighted by molar-refractivity contribution is 5.94. The summed E-state index contributed by atoms with van der Waals surface area (Å²) in [5.41, 5.74) is 6.77. The van der Waals surface area contributed by atoms with Gasteiger partial charge in [-0.15, -0.1) is 0 Å². The topological polar surface area (TPSA) is 41.4 Å². The molecule has 2 aromatic carbocycles. The molecule has 1 aromatic heterocycles. The van der Waals surface area contributed by atoms with Gasteiger partial charge in [-0.3, -0.25) is 9.69 Å². The van der Waals surface area contributed by atoms with Crippen LogP contribution >= 0.6 is 0 Å². The Morgan fingerprint density at radius 3 is 2.38 bits per heavy atom. The lowest BCUT2D eigenvalue weighted by molar-refractivity contribution is 0.0766. The van der Waals surface area contributed by atoms with E-state index >= 15 is 0 Å². The standard InChI is InChI=1S/C27H30N4O/c1-19-10-12-23(13-11-19)31-25-9-5-8-24(25)26(28-31)27(32)30-17-21-15-29(16-22(21)18-30)14-20-6-3-2-4-7-20/h2-4,6-7,10-13,21-22H,5,8-9,14-18H2,1H3/t21-,22-/m1/s1. The van der Waals surface area contributed by atoms with Gasteiger partial charge >= 0.3 is 0 Å². The third kappa shape index (κ3) is 3.45. The second kappa shape index (κ2) is 7.89. The number of carbonyl (C=O) groups excluding carboxylic acids is 1. The molecule has 32 heavy (non-hydrogen) atoms. The molecule has 2 aliphatic heterocycles. The quantitative estimate of drug-likeness (QED) is 0.636. The van der Waals surface area contributed by atoms with E-state index in [9.17, 15) is 4.79 Å². The Hall–Kier alpha value is -2.92. The number of benzene rings is 2. The summed E-state index contributed by atoms with van der Waals surface area (Å²) in [5, 5.41) is 4.86. The lowest BCUT2D eigenvalue weighted by atomic mass is 10.0. The zero-order chi connectivity index (χ0) is 21.7. The fourth-order valence-corrected chi connectivity index (χ4v) is 5.89. The summed E-state index contributed by atoms with van der Waals surface area (Å²) in [6.45, 7) is 6.99. The SMILES string of the molecule is Cc1ccc(-n2nc(C(=O)N3C[C@H]4CN(Cc5ccccc5)C[C@@H]4C3)c3c2CCC3)cc1. The predicted molar refractivity (Wildman–Crippen MR) is 125 cm³/mol. The van der Waals surface area contributed by atoms with Gasteiger partial charge in [-0.05, 0) is 55.7 Å². The molecule has 3 aliphatic rings. The predicted octanol–water partition coefficient (Wildman–Crippen LogP) is 3.87. The van der Waals surface area contributed by atoms with E-state index in [-0.39, 0.29) is 5.91 Å². The summed E-state index contributed by atoms with van der Waals surface area (Å²) >= 11 is 0. The maximum absolute atomic E-state index is 13.5. The van der Waals surface area contributed by atoms with Crippen molar-refractivity contribution in [2.75, 3.05) is 26.2 Å². The first kappa shape index (κ1) is 19.7. The number of likely N-dealkylation sites (tertiary alicyclic amines) is 2. The zero-order valence-corrected chi connectivity index (χ0v) is 18.7. The van der Waals surface area contributed by atoms with Crippen LogP contribution < -0.4 is 0 Å². The molecule has 2 saturated heterocycles. The third-order valence-corrected chi connectivity index (χ3v) is 7.51. The summed E-state index contributed by atoms with van der Waals surface area (Å²) in [6.07, 6.45) is 3.08. The molecule has 1 amide bonds. The van der Waals surface area contributed by atoms with Crippen molar-refractivity contribution in [3.8, 4) is 5.69 Å². The van der Waals surface area contributed by atoms with Gasteiger partial charge in [-0.25, -0.2) is 4.68 Å². The van der Waals surface area contributed by atoms with Gasteiger partial charge in [0.2, 0.25) is 0 Å². The Bertz CT molecular complexity index is 1120. The van der Waals surface area contributed by atoms with Crippen molar-refractivity contribution in [3.05, 3.63) is 82.7 Å². The fourth-order valence-electron chi connectivity index (χ4n) is 5.89. The van der Waals surface area contributed by atoms with E-state index in [1.165, 1.54) is 22.4 Å². The molecule has 1 aliphatic carbocycles. The minimum absolute atomic E-state index is 0.137. The molecule has 6 rings (SSSR count). The fraction of sp³-hybridized carbons (Fsp3) is 0.407. The van der Waals surface area contributed by atoms with E-state index in [1.807, 2.05) is 4.68 Å². The minimum Gasteiger partial charge on any atom is -0.337 e. The molecular formula is C27H30N4O. The Morgan fingerprint density at radius 2 is 1.66 bits per heavy atom. The van der Waals surface area contributed by atoms with E-state index in [0.717, 1.165) is 57.7 Å². The molecule has 0 unspecified atom stereocenters. The second-order valence-electron chi connectivity index (χ2n) is 9.78. The van der Waals surface area contributed by atoms with Crippen LogP contribution in [0.15, 0.2) is 54.6 Å². The van der Waals surface area contributed by atoms with E-state index in [1.54, 1.807) is 0 Å². The summed E-state index contributed by atoms with van der Waals surface area (Å²) in [6, 6.07) is 19.1. The highest BCUT2D eigenvalue weighted by Crippen LogP contribution is 2.34. The van der Waals surface area contributed by atoms with E-state index in [2.05, 4.69) is 71.3 Å². The van der Waals surface area contributed by atoms with Crippen molar-refractivity contribution in [3.63, 3.8) is 0 Å². The Balaban J connectivity index is 1.17. The van der Waals surface area contributed by atoms with Crippen LogP contribution in [0.25, 0.3) is 5.69 Å². The first-order chi connectivity index (χ1) is 15.7. The third-order valence-electron chi connectivity index (χ3n) is 7.51. The molecular weight excluding hydrogens is 396 g/mol. The number of hydrogen-bond acceptors (Lipinski definition) is 3. The van der Waals surface area contributed by atoms with Crippen molar-refractivity contribution in [1.82, 2.24) is 19.6 Å². The Kier molecular flexibility index (Phi) is 4.87. The summed E-state index contributed by atoms with van der Waals surface area (Å²) in [7, 11) is 0. The number of aryl methyl sites for hydroxylation is 1. The van der Waals surface area contributed by atoms with Crippen LogP contribution in [-0.4, -0.2) is 51.7 Å². The van der Waals surface area contributed by atoms with Gasteiger partial charge < -0.3 is 4.90 Å². The first-order valence-corrected chi connectivity index (χ1v) is 11.9. The maximum Gasteiger partial charge on any atom is 0.274 e. The van der Waals surface area contributed by atoms with Crippen LogP contribution in [-0.2, 0) is 19.4 Å².